The molecule has 0 saturated carbocycles. The summed E-state index contributed by atoms with van der Waals surface area (Å²) in [5, 5.41) is 20.2. The van der Waals surface area contributed by atoms with Gasteiger partial charge in [0.25, 0.3) is 5.69 Å². The topological polar surface area (TPSA) is 84.8 Å². The maximum Gasteiger partial charge on any atom is 0.271 e. The summed E-state index contributed by atoms with van der Waals surface area (Å²) in [5.41, 5.74) is 1.72. The lowest BCUT2D eigenvalue weighted by Gasteiger charge is -2.07. The summed E-state index contributed by atoms with van der Waals surface area (Å²) in [6.07, 6.45) is 0. The van der Waals surface area contributed by atoms with Crippen LogP contribution in [0.2, 0.25) is 0 Å². The van der Waals surface area contributed by atoms with E-state index >= 15 is 0 Å². The molecule has 0 aliphatic heterocycles. The fourth-order valence-corrected chi connectivity index (χ4v) is 2.88. The number of halogens is 1. The molecule has 0 saturated heterocycles. The lowest BCUT2D eigenvalue weighted by molar-refractivity contribution is -0.384. The van der Waals surface area contributed by atoms with Crippen molar-refractivity contribution in [1.82, 2.24) is 9.55 Å². The Hall–Kier alpha value is -2.92. The van der Waals surface area contributed by atoms with Crippen LogP contribution < -0.4 is 0 Å². The van der Waals surface area contributed by atoms with E-state index < -0.39 is 4.92 Å². The van der Waals surface area contributed by atoms with Gasteiger partial charge in [-0.1, -0.05) is 11.8 Å². The highest BCUT2D eigenvalue weighted by atomic mass is 32.2. The van der Waals surface area contributed by atoms with Gasteiger partial charge in [-0.05, 0) is 30.3 Å². The minimum atomic E-state index is -0.488. The molecule has 6 nitrogen and oxygen atoms in total. The molecule has 23 heavy (non-hydrogen) atoms. The van der Waals surface area contributed by atoms with Crippen molar-refractivity contribution in [2.24, 2.45) is 0 Å². The molecule has 1 heterocycles. The van der Waals surface area contributed by atoms with Gasteiger partial charge in [-0.3, -0.25) is 14.7 Å². The zero-order valence-electron chi connectivity index (χ0n) is 11.6. The van der Waals surface area contributed by atoms with Gasteiger partial charge in [0.2, 0.25) is 0 Å². The Labute approximate surface area is 134 Å². The van der Waals surface area contributed by atoms with Gasteiger partial charge < -0.3 is 0 Å². The van der Waals surface area contributed by atoms with Crippen LogP contribution in [0, 0.1) is 27.3 Å². The Kier molecular flexibility index (Phi) is 3.95. The summed E-state index contributed by atoms with van der Waals surface area (Å²) in [7, 11) is 0. The Bertz CT molecular complexity index is 931. The van der Waals surface area contributed by atoms with Crippen LogP contribution in [0.25, 0.3) is 16.7 Å². The Balaban J connectivity index is 2.21. The van der Waals surface area contributed by atoms with E-state index in [1.165, 1.54) is 36.0 Å². The molecule has 0 bridgehead atoms. The molecule has 0 spiro atoms. The predicted octanol–water partition coefficient (Wildman–Crippen LogP) is 3.69. The van der Waals surface area contributed by atoms with Gasteiger partial charge in [0.1, 0.15) is 5.82 Å². The summed E-state index contributed by atoms with van der Waals surface area (Å²) < 4.78 is 14.9. The van der Waals surface area contributed by atoms with Crippen LogP contribution in [-0.2, 0) is 0 Å². The third-order valence-corrected chi connectivity index (χ3v) is 3.97. The molecule has 0 aliphatic carbocycles. The molecule has 0 atom stereocenters. The molecular weight excluding hydrogens is 319 g/mol. The Morgan fingerprint density at radius 2 is 2.04 bits per heavy atom. The predicted molar refractivity (Wildman–Crippen MR) is 84.0 cm³/mol. The molecule has 0 aliphatic rings. The van der Waals surface area contributed by atoms with Gasteiger partial charge >= 0.3 is 0 Å². The summed E-state index contributed by atoms with van der Waals surface area (Å²) >= 11 is 1.21. The van der Waals surface area contributed by atoms with Crippen molar-refractivity contribution in [1.29, 1.82) is 5.26 Å². The third kappa shape index (κ3) is 2.86. The smallest absolute Gasteiger partial charge is 0.271 e. The fraction of sp³-hybridized carbons (Fsp3) is 0.0667. The van der Waals surface area contributed by atoms with Crippen LogP contribution in [0.4, 0.5) is 10.1 Å². The molecule has 0 unspecified atom stereocenters. The van der Waals surface area contributed by atoms with Crippen LogP contribution in [0.15, 0.2) is 47.6 Å². The number of hydrogen-bond donors (Lipinski definition) is 0. The third-order valence-electron chi connectivity index (χ3n) is 3.17. The maximum atomic E-state index is 13.1. The monoisotopic (exact) mass is 328 g/mol. The number of nitriles is 1. The first-order valence-corrected chi connectivity index (χ1v) is 7.51. The fourth-order valence-electron chi connectivity index (χ4n) is 2.19. The summed E-state index contributed by atoms with van der Waals surface area (Å²) in [4.78, 5) is 14.8. The number of non-ortho nitro benzene ring substituents is 1. The highest BCUT2D eigenvalue weighted by Crippen LogP contribution is 2.30. The molecule has 3 aromatic rings. The van der Waals surface area contributed by atoms with Gasteiger partial charge in [0, 0.05) is 17.8 Å². The Morgan fingerprint density at radius 3 is 2.70 bits per heavy atom. The second-order valence-corrected chi connectivity index (χ2v) is 5.53. The molecule has 0 fully saturated rings. The van der Waals surface area contributed by atoms with E-state index in [1.54, 1.807) is 22.8 Å². The standard InChI is InChI=1S/C15H9FN4O2S/c16-10-1-3-11(4-2-10)19-14-6-5-12(20(21)22)9-13(14)18-15(19)23-8-7-17/h1-6,9H,8H2. The van der Waals surface area contributed by atoms with Crippen molar-refractivity contribution in [3.05, 3.63) is 58.4 Å². The van der Waals surface area contributed by atoms with E-state index in [1.807, 2.05) is 6.07 Å². The molecule has 8 heteroatoms. The van der Waals surface area contributed by atoms with Crippen molar-refractivity contribution in [2.75, 3.05) is 5.75 Å². The Morgan fingerprint density at radius 1 is 1.30 bits per heavy atom. The number of imidazole rings is 1. The van der Waals surface area contributed by atoms with E-state index in [4.69, 9.17) is 5.26 Å². The largest absolute Gasteiger partial charge is 0.287 e. The quantitative estimate of drug-likeness (QED) is 0.414. The average Bonchev–Trinajstić information content (AvgIpc) is 2.91. The summed E-state index contributed by atoms with van der Waals surface area (Å²) in [5.74, 6) is -0.174. The van der Waals surface area contributed by atoms with Crippen LogP contribution >= 0.6 is 11.8 Å². The molecule has 0 amide bonds. The van der Waals surface area contributed by atoms with Crippen molar-refractivity contribution < 1.29 is 9.31 Å². The van der Waals surface area contributed by atoms with Gasteiger partial charge in [0.15, 0.2) is 5.16 Å². The zero-order chi connectivity index (χ0) is 16.4. The molecule has 3 rings (SSSR count). The van der Waals surface area contributed by atoms with Gasteiger partial charge in [0.05, 0.1) is 27.8 Å². The lowest BCUT2D eigenvalue weighted by atomic mass is 10.2. The van der Waals surface area contributed by atoms with Crippen LogP contribution in [-0.4, -0.2) is 20.2 Å². The molecule has 2 aromatic carbocycles. The maximum absolute atomic E-state index is 13.1. The van der Waals surface area contributed by atoms with Crippen molar-refractivity contribution in [3.63, 3.8) is 0 Å². The first-order chi connectivity index (χ1) is 11.1. The number of nitro groups is 1. The van der Waals surface area contributed by atoms with Crippen molar-refractivity contribution in [3.8, 4) is 11.8 Å². The number of rotatable bonds is 4. The number of hydrogen-bond acceptors (Lipinski definition) is 5. The number of thioether (sulfide) groups is 1. The highest BCUT2D eigenvalue weighted by Gasteiger charge is 2.16. The number of nitro benzene ring substituents is 1. The molecule has 0 N–H and O–H groups in total. The van der Waals surface area contributed by atoms with Crippen LogP contribution in [0.3, 0.4) is 0 Å². The molecule has 0 radical (unpaired) electrons. The van der Waals surface area contributed by atoms with Crippen LogP contribution in [0.1, 0.15) is 0 Å². The van der Waals surface area contributed by atoms with E-state index in [0.717, 1.165) is 0 Å². The van der Waals surface area contributed by atoms with Gasteiger partial charge in [-0.25, -0.2) is 9.37 Å². The van der Waals surface area contributed by atoms with Crippen molar-refractivity contribution >= 4 is 28.5 Å². The second kappa shape index (κ2) is 6.06. The SMILES string of the molecule is N#CCSc1nc2cc([N+](=O)[O-])ccc2n1-c1ccc(F)cc1. The average molecular weight is 328 g/mol. The summed E-state index contributed by atoms with van der Waals surface area (Å²) in [6, 6.07) is 12.2. The normalized spacial score (nSPS) is 10.6. The molecule has 1 aromatic heterocycles. The molecule has 114 valence electrons. The molecular formula is C15H9FN4O2S. The first-order valence-electron chi connectivity index (χ1n) is 6.53. The van der Waals surface area contributed by atoms with Crippen LogP contribution in [0.5, 0.6) is 0 Å². The van der Waals surface area contributed by atoms with E-state index in [9.17, 15) is 14.5 Å². The zero-order valence-corrected chi connectivity index (χ0v) is 12.5. The van der Waals surface area contributed by atoms with E-state index in [2.05, 4.69) is 4.98 Å². The van der Waals surface area contributed by atoms with Gasteiger partial charge in [-0.15, -0.1) is 0 Å². The lowest BCUT2D eigenvalue weighted by Crippen LogP contribution is -1.97. The first kappa shape index (κ1) is 15.0. The van der Waals surface area contributed by atoms with E-state index in [-0.39, 0.29) is 17.3 Å². The number of fused-ring (bicyclic) bond motifs is 1. The number of aromatic nitrogens is 2. The minimum absolute atomic E-state index is 0.0573. The van der Waals surface area contributed by atoms with Crippen molar-refractivity contribution in [2.45, 2.75) is 5.16 Å². The second-order valence-electron chi connectivity index (χ2n) is 4.58. The van der Waals surface area contributed by atoms with Gasteiger partial charge in [-0.2, -0.15) is 5.26 Å². The van der Waals surface area contributed by atoms with E-state index in [0.29, 0.717) is 21.9 Å². The number of nitrogens with zero attached hydrogens (tertiary/aromatic N) is 4. The number of benzene rings is 2. The summed E-state index contributed by atoms with van der Waals surface area (Å²) in [6.45, 7) is 0. The highest BCUT2D eigenvalue weighted by molar-refractivity contribution is 7.99. The minimum Gasteiger partial charge on any atom is -0.287 e.